The summed E-state index contributed by atoms with van der Waals surface area (Å²) in [4.78, 5) is 0. The van der Waals surface area contributed by atoms with Crippen LogP contribution in [0.3, 0.4) is 0 Å². The molecule has 1 rings (SSSR count). The van der Waals surface area contributed by atoms with Crippen molar-refractivity contribution in [2.45, 2.75) is 12.2 Å². The zero-order chi connectivity index (χ0) is 10.7. The van der Waals surface area contributed by atoms with E-state index < -0.39 is 12.2 Å². The first-order valence-electron chi connectivity index (χ1n) is 4.11. The second kappa shape index (κ2) is 4.61. The van der Waals surface area contributed by atoms with E-state index in [2.05, 4.69) is 0 Å². The summed E-state index contributed by atoms with van der Waals surface area (Å²) in [5, 5.41) is 28.0. The predicted molar refractivity (Wildman–Crippen MR) is 53.1 cm³/mol. The minimum absolute atomic E-state index is 0.0420. The quantitative estimate of drug-likeness (QED) is 0.590. The van der Waals surface area contributed by atoms with E-state index in [9.17, 15) is 10.2 Å². The Hall–Kier alpha value is -0.810. The van der Waals surface area contributed by atoms with Crippen LogP contribution < -0.4 is 5.73 Å². The molecule has 0 saturated heterocycles. The van der Waals surface area contributed by atoms with Gasteiger partial charge in [0.05, 0.1) is 11.1 Å². The normalized spacial score (nSPS) is 15.1. The standard InChI is InChI=1S/C9H12ClNO3/c10-6-3-5(1-2-7(6)12)9(14)8(13)4-11/h1-3,8-9,12-14H,4,11H2. The molecule has 0 saturated carbocycles. The lowest BCUT2D eigenvalue weighted by atomic mass is 10.0. The lowest BCUT2D eigenvalue weighted by Gasteiger charge is -2.16. The van der Waals surface area contributed by atoms with E-state index in [1.807, 2.05) is 0 Å². The predicted octanol–water partition coefficient (Wildman–Crippen LogP) is 0.399. The SMILES string of the molecule is NCC(O)C(O)c1ccc(O)c(Cl)c1. The monoisotopic (exact) mass is 217 g/mol. The Morgan fingerprint density at radius 1 is 1.36 bits per heavy atom. The van der Waals surface area contributed by atoms with Crippen molar-refractivity contribution < 1.29 is 15.3 Å². The van der Waals surface area contributed by atoms with Crippen molar-refractivity contribution in [1.82, 2.24) is 0 Å². The highest BCUT2D eigenvalue weighted by Gasteiger charge is 2.17. The summed E-state index contributed by atoms with van der Waals surface area (Å²) >= 11 is 5.63. The summed E-state index contributed by atoms with van der Waals surface area (Å²) in [6.45, 7) is -0.0420. The molecule has 0 heterocycles. The van der Waals surface area contributed by atoms with Gasteiger partial charge in [0.25, 0.3) is 0 Å². The minimum atomic E-state index is -1.09. The van der Waals surface area contributed by atoms with Crippen molar-refractivity contribution in [2.75, 3.05) is 6.54 Å². The van der Waals surface area contributed by atoms with E-state index in [1.54, 1.807) is 0 Å². The summed E-state index contributed by atoms with van der Waals surface area (Å²) < 4.78 is 0. The van der Waals surface area contributed by atoms with Crippen LogP contribution in [0.5, 0.6) is 5.75 Å². The highest BCUT2D eigenvalue weighted by Crippen LogP contribution is 2.27. The summed E-state index contributed by atoms with van der Waals surface area (Å²) in [7, 11) is 0. The van der Waals surface area contributed by atoms with E-state index in [1.165, 1.54) is 18.2 Å². The van der Waals surface area contributed by atoms with Gasteiger partial charge in [-0.05, 0) is 17.7 Å². The maximum Gasteiger partial charge on any atom is 0.134 e. The Morgan fingerprint density at radius 2 is 2.00 bits per heavy atom. The van der Waals surface area contributed by atoms with Crippen LogP contribution in [0.1, 0.15) is 11.7 Å². The number of rotatable bonds is 3. The van der Waals surface area contributed by atoms with Crippen molar-refractivity contribution in [2.24, 2.45) is 5.73 Å². The fraction of sp³-hybridized carbons (Fsp3) is 0.333. The molecule has 5 heteroatoms. The second-order valence-corrected chi connectivity index (χ2v) is 3.37. The number of hydrogen-bond donors (Lipinski definition) is 4. The summed E-state index contributed by atoms with van der Waals surface area (Å²) in [5.74, 6) is -0.0649. The van der Waals surface area contributed by atoms with Crippen LogP contribution in [-0.2, 0) is 0 Å². The molecule has 2 atom stereocenters. The van der Waals surface area contributed by atoms with Crippen LogP contribution in [0.15, 0.2) is 18.2 Å². The van der Waals surface area contributed by atoms with Crippen LogP contribution >= 0.6 is 11.6 Å². The Balaban J connectivity index is 2.91. The molecule has 1 aromatic carbocycles. The van der Waals surface area contributed by atoms with Crippen LogP contribution in [0.2, 0.25) is 5.02 Å². The molecule has 78 valence electrons. The highest BCUT2D eigenvalue weighted by atomic mass is 35.5. The zero-order valence-corrected chi connectivity index (χ0v) is 8.15. The molecule has 0 fully saturated rings. The molecule has 0 aliphatic heterocycles. The van der Waals surface area contributed by atoms with Gasteiger partial charge in [-0.2, -0.15) is 0 Å². The molecular weight excluding hydrogens is 206 g/mol. The molecule has 0 aromatic heterocycles. The van der Waals surface area contributed by atoms with E-state index >= 15 is 0 Å². The molecule has 0 spiro atoms. The third-order valence-corrected chi connectivity index (χ3v) is 2.22. The van der Waals surface area contributed by atoms with E-state index in [-0.39, 0.29) is 17.3 Å². The van der Waals surface area contributed by atoms with E-state index in [4.69, 9.17) is 22.4 Å². The average molecular weight is 218 g/mol. The Kier molecular flexibility index (Phi) is 3.71. The van der Waals surface area contributed by atoms with Gasteiger partial charge in [0.2, 0.25) is 0 Å². The molecule has 0 radical (unpaired) electrons. The van der Waals surface area contributed by atoms with Gasteiger partial charge in [-0.15, -0.1) is 0 Å². The molecule has 0 bridgehead atoms. The summed E-state index contributed by atoms with van der Waals surface area (Å²) in [6, 6.07) is 4.22. The van der Waals surface area contributed by atoms with Gasteiger partial charge >= 0.3 is 0 Å². The van der Waals surface area contributed by atoms with Crippen molar-refractivity contribution in [1.29, 1.82) is 0 Å². The molecule has 0 amide bonds. The Labute approximate surface area is 86.6 Å². The lowest BCUT2D eigenvalue weighted by molar-refractivity contribution is 0.0243. The van der Waals surface area contributed by atoms with Crippen LogP contribution in [0.25, 0.3) is 0 Å². The first kappa shape index (κ1) is 11.3. The fourth-order valence-electron chi connectivity index (χ4n) is 1.06. The number of aliphatic hydroxyl groups is 2. The van der Waals surface area contributed by atoms with E-state index in [0.717, 1.165) is 0 Å². The molecule has 5 N–H and O–H groups in total. The highest BCUT2D eigenvalue weighted by molar-refractivity contribution is 6.32. The van der Waals surface area contributed by atoms with Gasteiger partial charge in [0, 0.05) is 6.54 Å². The van der Waals surface area contributed by atoms with Crippen molar-refractivity contribution in [3.05, 3.63) is 28.8 Å². The number of aromatic hydroxyl groups is 1. The summed E-state index contributed by atoms with van der Waals surface area (Å²) in [6.07, 6.45) is -2.12. The van der Waals surface area contributed by atoms with Gasteiger partial charge in [-0.25, -0.2) is 0 Å². The number of aliphatic hydroxyl groups excluding tert-OH is 2. The third-order valence-electron chi connectivity index (χ3n) is 1.92. The van der Waals surface area contributed by atoms with Gasteiger partial charge in [0.1, 0.15) is 11.9 Å². The Morgan fingerprint density at radius 3 is 2.50 bits per heavy atom. The summed E-state index contributed by atoms with van der Waals surface area (Å²) in [5.41, 5.74) is 5.61. The van der Waals surface area contributed by atoms with Crippen molar-refractivity contribution >= 4 is 11.6 Å². The Bertz CT molecular complexity index is 319. The number of phenols is 1. The first-order valence-corrected chi connectivity index (χ1v) is 4.48. The number of benzene rings is 1. The maximum atomic E-state index is 9.53. The topological polar surface area (TPSA) is 86.7 Å². The zero-order valence-electron chi connectivity index (χ0n) is 7.39. The van der Waals surface area contributed by atoms with Crippen molar-refractivity contribution in [3.63, 3.8) is 0 Å². The molecule has 0 aliphatic carbocycles. The van der Waals surface area contributed by atoms with Crippen LogP contribution in [0.4, 0.5) is 0 Å². The third kappa shape index (κ3) is 2.36. The lowest BCUT2D eigenvalue weighted by Crippen LogP contribution is -2.27. The number of hydrogen-bond acceptors (Lipinski definition) is 4. The molecule has 14 heavy (non-hydrogen) atoms. The maximum absolute atomic E-state index is 9.53. The van der Waals surface area contributed by atoms with E-state index in [0.29, 0.717) is 5.56 Å². The minimum Gasteiger partial charge on any atom is -0.506 e. The molecule has 2 unspecified atom stereocenters. The molecule has 4 nitrogen and oxygen atoms in total. The van der Waals surface area contributed by atoms with Gasteiger partial charge in [0.15, 0.2) is 0 Å². The van der Waals surface area contributed by atoms with Gasteiger partial charge < -0.3 is 21.1 Å². The number of halogens is 1. The smallest absolute Gasteiger partial charge is 0.134 e. The van der Waals surface area contributed by atoms with Crippen molar-refractivity contribution in [3.8, 4) is 5.75 Å². The largest absolute Gasteiger partial charge is 0.506 e. The van der Waals surface area contributed by atoms with Crippen LogP contribution in [0, 0.1) is 0 Å². The first-order chi connectivity index (χ1) is 6.56. The number of nitrogens with two attached hydrogens (primary N) is 1. The number of phenolic OH excluding ortho intramolecular Hbond substituents is 1. The average Bonchev–Trinajstić information content (AvgIpc) is 2.20. The fourth-order valence-corrected chi connectivity index (χ4v) is 1.25. The van der Waals surface area contributed by atoms with Gasteiger partial charge in [-0.1, -0.05) is 17.7 Å². The van der Waals surface area contributed by atoms with Gasteiger partial charge in [-0.3, -0.25) is 0 Å². The molecule has 1 aromatic rings. The molecular formula is C9H12ClNO3. The van der Waals surface area contributed by atoms with Crippen LogP contribution in [-0.4, -0.2) is 28.0 Å². The second-order valence-electron chi connectivity index (χ2n) is 2.96. The molecule has 0 aliphatic rings.